The number of rotatable bonds is 10. The number of H-pyrrole nitrogens is 1. The Morgan fingerprint density at radius 2 is 1.86 bits per heavy atom. The molecule has 1 aromatic heterocycles. The number of nitrogens with one attached hydrogen (secondary N) is 3. The van der Waals surface area contributed by atoms with Crippen LogP contribution in [0.2, 0.25) is 0 Å². The number of halogens is 1. The van der Waals surface area contributed by atoms with E-state index < -0.39 is 17.7 Å². The molecule has 3 aromatic rings. The van der Waals surface area contributed by atoms with Gasteiger partial charge >= 0.3 is 6.09 Å². The summed E-state index contributed by atoms with van der Waals surface area (Å²) in [6, 6.07) is 13.6. The Morgan fingerprint density at radius 3 is 2.55 bits per heavy atom. The van der Waals surface area contributed by atoms with Crippen LogP contribution in [-0.2, 0) is 31.9 Å². The highest BCUT2D eigenvalue weighted by Crippen LogP contribution is 2.34. The van der Waals surface area contributed by atoms with E-state index in [9.17, 15) is 14.4 Å². The van der Waals surface area contributed by atoms with Crippen molar-refractivity contribution in [3.63, 3.8) is 0 Å². The molecule has 3 N–H and O–H groups in total. The van der Waals surface area contributed by atoms with Crippen molar-refractivity contribution in [2.45, 2.75) is 71.9 Å². The number of fused-ring (bicyclic) bond motifs is 1. The number of carbonyl (C=O) groups excluding carboxylic acids is 3. The molecule has 2 heterocycles. The average molecular weight is 689 g/mol. The summed E-state index contributed by atoms with van der Waals surface area (Å²) in [5.41, 5.74) is 7.47. The lowest BCUT2D eigenvalue weighted by atomic mass is 9.86. The number of nitrogens with zero attached hydrogens (tertiary/aromatic N) is 1. The lowest BCUT2D eigenvalue weighted by molar-refractivity contribution is -0.137. The van der Waals surface area contributed by atoms with Crippen molar-refractivity contribution in [1.29, 1.82) is 0 Å². The van der Waals surface area contributed by atoms with Gasteiger partial charge in [-0.2, -0.15) is 0 Å². The smallest absolute Gasteiger partial charge is 0.408 e. The molecule has 0 spiro atoms. The fourth-order valence-electron chi connectivity index (χ4n) is 5.18. The Hall–Kier alpha value is -3.12. The Morgan fingerprint density at radius 1 is 1.10 bits per heavy atom. The number of ether oxygens (including phenoxy) is 2. The molecule has 226 valence electrons. The molecule has 0 aliphatic carbocycles. The lowest BCUT2D eigenvalue weighted by Crippen LogP contribution is -2.56. The van der Waals surface area contributed by atoms with Crippen molar-refractivity contribution < 1.29 is 23.9 Å². The molecule has 42 heavy (non-hydrogen) atoms. The molecule has 0 bridgehead atoms. The predicted octanol–water partition coefficient (Wildman–Crippen LogP) is 5.74. The highest BCUT2D eigenvalue weighted by Gasteiger charge is 2.29. The molecule has 10 heteroatoms. The summed E-state index contributed by atoms with van der Waals surface area (Å²) in [7, 11) is 0. The molecule has 1 aliphatic rings. The number of carbonyl (C=O) groups is 3. The Kier molecular flexibility index (Phi) is 10.2. The van der Waals surface area contributed by atoms with Crippen molar-refractivity contribution >= 4 is 52.0 Å². The second-order valence-corrected chi connectivity index (χ2v) is 13.7. The van der Waals surface area contributed by atoms with Crippen molar-refractivity contribution in [2.24, 2.45) is 5.41 Å². The van der Waals surface area contributed by atoms with Crippen molar-refractivity contribution in [2.75, 3.05) is 19.7 Å². The van der Waals surface area contributed by atoms with E-state index in [2.05, 4.69) is 76.4 Å². The van der Waals surface area contributed by atoms with Gasteiger partial charge in [-0.05, 0) is 97.0 Å². The quantitative estimate of drug-likeness (QED) is 0.185. The first kappa shape index (κ1) is 31.8. The van der Waals surface area contributed by atoms with Crippen LogP contribution in [0, 0.1) is 9.12 Å². The third-order valence-corrected chi connectivity index (χ3v) is 8.04. The van der Waals surface area contributed by atoms with E-state index in [4.69, 9.17) is 9.47 Å². The normalized spacial score (nSPS) is 14.9. The minimum atomic E-state index is -0.781. The van der Waals surface area contributed by atoms with E-state index in [-0.39, 0.29) is 11.3 Å². The summed E-state index contributed by atoms with van der Waals surface area (Å²) >= 11 is 2.33. The zero-order chi connectivity index (χ0) is 30.5. The third kappa shape index (κ3) is 8.47. The molecule has 0 saturated carbocycles. The van der Waals surface area contributed by atoms with Gasteiger partial charge in [0.15, 0.2) is 0 Å². The van der Waals surface area contributed by atoms with Gasteiger partial charge in [-0.1, -0.05) is 44.2 Å². The number of hydrogen-bond acceptors (Lipinski definition) is 6. The summed E-state index contributed by atoms with van der Waals surface area (Å²) in [6.45, 7) is 11.7. The second kappa shape index (κ2) is 13.5. The average Bonchev–Trinajstić information content (AvgIpc) is 3.24. The van der Waals surface area contributed by atoms with Gasteiger partial charge in [-0.15, -0.1) is 0 Å². The molecule has 2 aromatic carbocycles. The highest BCUT2D eigenvalue weighted by molar-refractivity contribution is 14.1. The van der Waals surface area contributed by atoms with Crippen LogP contribution in [0.25, 0.3) is 22.0 Å². The van der Waals surface area contributed by atoms with E-state index in [1.54, 1.807) is 25.8 Å². The molecule has 4 rings (SSSR count). The molecular weight excluding hydrogens is 647 g/mol. The maximum Gasteiger partial charge on any atom is 0.408 e. The Labute approximate surface area is 261 Å². The SMILES string of the molecule is CC(C)(COC=O)Cc1c(I)[nH]c2ccc(-c3cccc(C[C@H](NC(=O)OC(C)(C)C)C(=O)N4CCCCN4)c3)cc12. The minimum Gasteiger partial charge on any atom is -0.467 e. The lowest BCUT2D eigenvalue weighted by Gasteiger charge is -2.31. The van der Waals surface area contributed by atoms with Crippen LogP contribution < -0.4 is 10.7 Å². The molecule has 0 radical (unpaired) electrons. The van der Waals surface area contributed by atoms with Gasteiger partial charge in [-0.25, -0.2) is 10.2 Å². The second-order valence-electron chi connectivity index (χ2n) is 12.6. The molecule has 1 aliphatic heterocycles. The van der Waals surface area contributed by atoms with Crippen LogP contribution in [0.15, 0.2) is 42.5 Å². The Balaban J connectivity index is 1.60. The number of amides is 2. The van der Waals surface area contributed by atoms with Gasteiger partial charge in [-0.3, -0.25) is 14.6 Å². The largest absolute Gasteiger partial charge is 0.467 e. The molecule has 1 saturated heterocycles. The molecule has 2 amide bonds. The maximum atomic E-state index is 13.5. The Bertz CT molecular complexity index is 1420. The van der Waals surface area contributed by atoms with Crippen molar-refractivity contribution in [3.05, 3.63) is 57.3 Å². The highest BCUT2D eigenvalue weighted by atomic mass is 127. The van der Waals surface area contributed by atoms with Gasteiger partial charge in [0, 0.05) is 35.8 Å². The van der Waals surface area contributed by atoms with Crippen molar-refractivity contribution in [3.8, 4) is 11.1 Å². The summed E-state index contributed by atoms with van der Waals surface area (Å²) in [6.07, 6.45) is 2.37. The molecule has 0 unspecified atom stereocenters. The van der Waals surface area contributed by atoms with E-state index in [0.717, 1.165) is 57.1 Å². The van der Waals surface area contributed by atoms with Gasteiger partial charge in [0.05, 0.1) is 10.3 Å². The zero-order valence-corrected chi connectivity index (χ0v) is 27.2. The number of hydrazine groups is 1. The first-order valence-electron chi connectivity index (χ1n) is 14.3. The molecule has 1 fully saturated rings. The van der Waals surface area contributed by atoms with Crippen LogP contribution in [-0.4, -0.2) is 59.8 Å². The van der Waals surface area contributed by atoms with E-state index in [1.165, 1.54) is 5.56 Å². The van der Waals surface area contributed by atoms with Gasteiger partial charge in [0.2, 0.25) is 0 Å². The van der Waals surface area contributed by atoms with Crippen molar-refractivity contribution in [1.82, 2.24) is 20.7 Å². The molecule has 9 nitrogen and oxygen atoms in total. The summed E-state index contributed by atoms with van der Waals surface area (Å²) in [5.74, 6) is -0.180. The number of aromatic nitrogens is 1. The van der Waals surface area contributed by atoms with E-state index in [0.29, 0.717) is 26.0 Å². The van der Waals surface area contributed by atoms with E-state index in [1.807, 2.05) is 18.2 Å². The van der Waals surface area contributed by atoms with Gasteiger partial charge < -0.3 is 19.8 Å². The van der Waals surface area contributed by atoms with Crippen LogP contribution in [0.1, 0.15) is 58.6 Å². The zero-order valence-electron chi connectivity index (χ0n) is 25.0. The summed E-state index contributed by atoms with van der Waals surface area (Å²) < 4.78 is 11.6. The number of alkyl carbamates (subject to hydrolysis) is 1. The number of aromatic amines is 1. The first-order valence-corrected chi connectivity index (χ1v) is 15.4. The number of benzene rings is 2. The van der Waals surface area contributed by atoms with Crippen LogP contribution in [0.3, 0.4) is 0 Å². The maximum absolute atomic E-state index is 13.5. The monoisotopic (exact) mass is 688 g/mol. The summed E-state index contributed by atoms with van der Waals surface area (Å²) in [5, 5.41) is 5.55. The molecule has 1 atom stereocenters. The van der Waals surface area contributed by atoms with E-state index >= 15 is 0 Å². The fourth-order valence-corrected chi connectivity index (χ4v) is 5.96. The standard InChI is InChI=1S/C32H41IN4O5/c1-31(2,3)42-30(40)36-27(29(39)37-14-7-6-13-34-37)16-21-9-8-10-22(15-21)23-11-12-26-24(17-23)25(28(33)35-26)18-32(4,5)19-41-20-38/h8-12,15,17,20,27,34-35H,6-7,13-14,16,18-19H2,1-5H3,(H,36,40)/t27-/m0/s1. The predicted molar refractivity (Wildman–Crippen MR) is 172 cm³/mol. The van der Waals surface area contributed by atoms with Crippen LogP contribution in [0.5, 0.6) is 0 Å². The van der Waals surface area contributed by atoms with Crippen LogP contribution >= 0.6 is 22.6 Å². The topological polar surface area (TPSA) is 113 Å². The number of hydrogen-bond donors (Lipinski definition) is 3. The van der Waals surface area contributed by atoms with Gasteiger partial charge in [0.25, 0.3) is 12.4 Å². The first-order chi connectivity index (χ1) is 19.8. The molecular formula is C32H41IN4O5. The third-order valence-electron chi connectivity index (χ3n) is 7.12. The van der Waals surface area contributed by atoms with Crippen LogP contribution in [0.4, 0.5) is 4.79 Å². The van der Waals surface area contributed by atoms with Gasteiger partial charge in [0.1, 0.15) is 11.6 Å². The minimum absolute atomic E-state index is 0.180. The summed E-state index contributed by atoms with van der Waals surface area (Å²) in [4.78, 5) is 40.4. The fraction of sp³-hybridized carbons (Fsp3) is 0.469.